The van der Waals surface area contributed by atoms with Crippen LogP contribution in [-0.4, -0.2) is 40.5 Å². The first-order chi connectivity index (χ1) is 12.4. The maximum absolute atomic E-state index is 12.6. The lowest BCUT2D eigenvalue weighted by atomic mass is 10.1. The summed E-state index contributed by atoms with van der Waals surface area (Å²) >= 11 is 0. The third-order valence-electron chi connectivity index (χ3n) is 4.63. The van der Waals surface area contributed by atoms with E-state index in [1.54, 1.807) is 30.3 Å². The summed E-state index contributed by atoms with van der Waals surface area (Å²) in [5, 5.41) is 0. The van der Waals surface area contributed by atoms with Crippen molar-refractivity contribution in [3.8, 4) is 12.3 Å². The Morgan fingerprint density at radius 1 is 0.808 bits per heavy atom. The minimum absolute atomic E-state index is 0.0101. The van der Waals surface area contributed by atoms with Crippen molar-refractivity contribution in [3.05, 3.63) is 69.8 Å². The van der Waals surface area contributed by atoms with Gasteiger partial charge in [-0.2, -0.15) is 0 Å². The normalized spacial score (nSPS) is 15.4. The number of fused-ring (bicyclic) bond motifs is 2. The van der Waals surface area contributed by atoms with Gasteiger partial charge in [-0.15, -0.1) is 6.42 Å². The SMILES string of the molecule is C#Cc1ccc2c(c1)C(=O)N(Cc1ccc3c(c1)C(=O)N(C)C3=O)C2=O. The van der Waals surface area contributed by atoms with Crippen LogP contribution in [0, 0.1) is 12.3 Å². The topological polar surface area (TPSA) is 74.8 Å². The molecule has 2 aliphatic heterocycles. The maximum Gasteiger partial charge on any atom is 0.261 e. The quantitative estimate of drug-likeness (QED) is 0.614. The van der Waals surface area contributed by atoms with E-state index >= 15 is 0 Å². The molecule has 2 aromatic carbocycles. The van der Waals surface area contributed by atoms with Gasteiger partial charge in [-0.1, -0.05) is 12.0 Å². The lowest BCUT2D eigenvalue weighted by molar-refractivity contribution is 0.0639. The highest BCUT2D eigenvalue weighted by Crippen LogP contribution is 2.27. The average Bonchev–Trinajstić information content (AvgIpc) is 3.02. The van der Waals surface area contributed by atoms with Gasteiger partial charge in [0.2, 0.25) is 0 Å². The highest BCUT2D eigenvalue weighted by Gasteiger charge is 2.37. The average molecular weight is 344 g/mol. The van der Waals surface area contributed by atoms with E-state index in [4.69, 9.17) is 6.42 Å². The van der Waals surface area contributed by atoms with Crippen LogP contribution in [-0.2, 0) is 6.54 Å². The van der Waals surface area contributed by atoms with Crippen molar-refractivity contribution in [3.63, 3.8) is 0 Å². The highest BCUT2D eigenvalue weighted by molar-refractivity contribution is 6.22. The summed E-state index contributed by atoms with van der Waals surface area (Å²) in [6.07, 6.45) is 5.35. The summed E-state index contributed by atoms with van der Waals surface area (Å²) < 4.78 is 0. The standard InChI is InChI=1S/C20H12N2O4/c1-3-11-4-6-14-16(8-11)20(26)22(19(14)25)10-12-5-7-13-15(9-12)18(24)21(2)17(13)23/h1,4-9H,10H2,2H3. The zero-order valence-corrected chi connectivity index (χ0v) is 13.8. The molecule has 0 saturated carbocycles. The van der Waals surface area contributed by atoms with Gasteiger partial charge in [-0.25, -0.2) is 0 Å². The Morgan fingerprint density at radius 3 is 2.12 bits per heavy atom. The Bertz CT molecular complexity index is 1080. The lowest BCUT2D eigenvalue weighted by Gasteiger charge is -2.14. The number of rotatable bonds is 2. The van der Waals surface area contributed by atoms with Crippen molar-refractivity contribution >= 4 is 23.6 Å². The molecule has 0 radical (unpaired) electrons. The van der Waals surface area contributed by atoms with Gasteiger partial charge in [0.1, 0.15) is 0 Å². The number of carbonyl (C=O) groups excluding carboxylic acids is 4. The fourth-order valence-corrected chi connectivity index (χ4v) is 3.21. The second-order valence-electron chi connectivity index (χ2n) is 6.15. The molecule has 2 aliphatic rings. The largest absolute Gasteiger partial charge is 0.277 e. The van der Waals surface area contributed by atoms with E-state index in [9.17, 15) is 19.2 Å². The molecule has 4 amide bonds. The van der Waals surface area contributed by atoms with Crippen LogP contribution in [0.5, 0.6) is 0 Å². The van der Waals surface area contributed by atoms with E-state index in [1.807, 2.05) is 0 Å². The van der Waals surface area contributed by atoms with Crippen LogP contribution in [0.1, 0.15) is 52.6 Å². The first-order valence-corrected chi connectivity index (χ1v) is 7.84. The molecule has 0 N–H and O–H groups in total. The van der Waals surface area contributed by atoms with E-state index in [2.05, 4.69) is 5.92 Å². The monoisotopic (exact) mass is 344 g/mol. The molecule has 0 aromatic heterocycles. The Labute approximate surface area is 149 Å². The molecule has 26 heavy (non-hydrogen) atoms. The number of benzene rings is 2. The molecule has 6 heteroatoms. The van der Waals surface area contributed by atoms with Gasteiger partial charge in [0.15, 0.2) is 0 Å². The number of terminal acetylenes is 1. The molecule has 0 bridgehead atoms. The second kappa shape index (κ2) is 5.39. The van der Waals surface area contributed by atoms with Crippen molar-refractivity contribution in [2.45, 2.75) is 6.54 Å². The van der Waals surface area contributed by atoms with Crippen molar-refractivity contribution in [2.75, 3.05) is 7.05 Å². The Balaban J connectivity index is 1.67. The first-order valence-electron chi connectivity index (χ1n) is 7.84. The Kier molecular flexibility index (Phi) is 3.28. The van der Waals surface area contributed by atoms with Crippen LogP contribution >= 0.6 is 0 Å². The minimum Gasteiger partial charge on any atom is -0.277 e. The summed E-state index contributed by atoms with van der Waals surface area (Å²) in [6, 6.07) is 9.42. The number of nitrogens with zero attached hydrogens (tertiary/aromatic N) is 2. The van der Waals surface area contributed by atoms with Gasteiger partial charge in [-0.05, 0) is 35.9 Å². The van der Waals surface area contributed by atoms with Crippen LogP contribution < -0.4 is 0 Å². The van der Waals surface area contributed by atoms with Gasteiger partial charge in [0, 0.05) is 12.6 Å². The van der Waals surface area contributed by atoms with Crippen LogP contribution in [0.2, 0.25) is 0 Å². The van der Waals surface area contributed by atoms with Crippen LogP contribution in [0.4, 0.5) is 0 Å². The minimum atomic E-state index is -0.429. The van der Waals surface area contributed by atoms with Gasteiger partial charge in [0.05, 0.1) is 28.8 Å². The van der Waals surface area contributed by atoms with Crippen LogP contribution in [0.15, 0.2) is 36.4 Å². The van der Waals surface area contributed by atoms with Crippen LogP contribution in [0.25, 0.3) is 0 Å². The third kappa shape index (κ3) is 2.07. The molecule has 0 atom stereocenters. The summed E-state index contributed by atoms with van der Waals surface area (Å²) in [7, 11) is 1.41. The summed E-state index contributed by atoms with van der Waals surface area (Å²) in [5.74, 6) is 0.847. The fraction of sp³-hybridized carbons (Fsp3) is 0.100. The van der Waals surface area contributed by atoms with E-state index in [0.717, 1.165) is 9.80 Å². The van der Waals surface area contributed by atoms with E-state index < -0.39 is 17.7 Å². The van der Waals surface area contributed by atoms with Crippen molar-refractivity contribution in [1.29, 1.82) is 0 Å². The van der Waals surface area contributed by atoms with E-state index in [-0.39, 0.29) is 23.6 Å². The third-order valence-corrected chi connectivity index (χ3v) is 4.63. The summed E-state index contributed by atoms with van der Waals surface area (Å²) in [5.41, 5.74) is 2.30. The highest BCUT2D eigenvalue weighted by atomic mass is 16.2. The smallest absolute Gasteiger partial charge is 0.261 e. The predicted octanol–water partition coefficient (Wildman–Crippen LogP) is 1.69. The number of hydrogen-bond acceptors (Lipinski definition) is 4. The fourth-order valence-electron chi connectivity index (χ4n) is 3.21. The molecule has 2 aromatic rings. The van der Waals surface area contributed by atoms with Crippen LogP contribution in [0.3, 0.4) is 0 Å². The molecule has 0 unspecified atom stereocenters. The molecule has 0 spiro atoms. The predicted molar refractivity (Wildman–Crippen MR) is 91.4 cm³/mol. The summed E-state index contributed by atoms with van der Waals surface area (Å²) in [6.45, 7) is 0.0101. The molecule has 0 saturated heterocycles. The zero-order valence-electron chi connectivity index (χ0n) is 13.8. The number of carbonyl (C=O) groups is 4. The maximum atomic E-state index is 12.6. The lowest BCUT2D eigenvalue weighted by Crippen LogP contribution is -2.29. The van der Waals surface area contributed by atoms with Gasteiger partial charge in [-0.3, -0.25) is 29.0 Å². The molecule has 6 nitrogen and oxygen atoms in total. The second-order valence-corrected chi connectivity index (χ2v) is 6.15. The number of imide groups is 2. The molecule has 0 aliphatic carbocycles. The molecule has 126 valence electrons. The first kappa shape index (κ1) is 15.8. The van der Waals surface area contributed by atoms with Gasteiger partial charge >= 0.3 is 0 Å². The molecule has 2 heterocycles. The molecule has 4 rings (SSSR count). The van der Waals surface area contributed by atoms with Gasteiger partial charge < -0.3 is 0 Å². The van der Waals surface area contributed by atoms with Crippen molar-refractivity contribution in [2.24, 2.45) is 0 Å². The zero-order chi connectivity index (χ0) is 18.6. The van der Waals surface area contributed by atoms with Crippen molar-refractivity contribution in [1.82, 2.24) is 9.80 Å². The van der Waals surface area contributed by atoms with E-state index in [1.165, 1.54) is 13.1 Å². The van der Waals surface area contributed by atoms with Gasteiger partial charge in [0.25, 0.3) is 23.6 Å². The Hall–Kier alpha value is -3.72. The van der Waals surface area contributed by atoms with E-state index in [0.29, 0.717) is 22.3 Å². The molecular weight excluding hydrogens is 332 g/mol. The molecular formula is C20H12N2O4. The molecule has 0 fully saturated rings. The van der Waals surface area contributed by atoms with Crippen molar-refractivity contribution < 1.29 is 19.2 Å². The Morgan fingerprint density at radius 2 is 1.38 bits per heavy atom. The number of hydrogen-bond donors (Lipinski definition) is 0. The summed E-state index contributed by atoms with van der Waals surface area (Å²) in [4.78, 5) is 51.3. The number of amides is 4.